The normalized spacial score (nSPS) is 19.6. The van der Waals surface area contributed by atoms with Gasteiger partial charge in [0.05, 0.1) is 5.52 Å². The molecule has 3 nitrogen and oxygen atoms in total. The van der Waals surface area contributed by atoms with Crippen molar-refractivity contribution in [2.24, 2.45) is 5.73 Å². The fraction of sp³-hybridized carbons (Fsp3) is 0.462. The number of halogens is 1. The zero-order valence-electron chi connectivity index (χ0n) is 9.67. The molecule has 3 N–H and O–H groups in total. The topological polar surface area (TPSA) is 54.7 Å². The number of aromatic nitrogens is 2. The molecule has 1 fully saturated rings. The van der Waals surface area contributed by atoms with Crippen LogP contribution in [-0.4, -0.2) is 10.2 Å². The van der Waals surface area contributed by atoms with E-state index < -0.39 is 0 Å². The molecule has 0 spiro atoms. The van der Waals surface area contributed by atoms with Crippen LogP contribution in [0, 0.1) is 0 Å². The summed E-state index contributed by atoms with van der Waals surface area (Å²) >= 11 is 3.53. The molecule has 1 heterocycles. The molecule has 17 heavy (non-hydrogen) atoms. The minimum absolute atomic E-state index is 0.176. The summed E-state index contributed by atoms with van der Waals surface area (Å²) in [7, 11) is 0. The molecule has 1 aliphatic carbocycles. The maximum absolute atomic E-state index is 6.61. The highest BCUT2D eigenvalue weighted by Gasteiger charge is 2.31. The van der Waals surface area contributed by atoms with Crippen LogP contribution in [0.15, 0.2) is 22.8 Å². The maximum Gasteiger partial charge on any atom is 0.109 e. The van der Waals surface area contributed by atoms with Gasteiger partial charge in [-0.3, -0.25) is 5.10 Å². The molecule has 1 aliphatic rings. The van der Waals surface area contributed by atoms with E-state index in [4.69, 9.17) is 5.73 Å². The molecule has 0 bridgehead atoms. The summed E-state index contributed by atoms with van der Waals surface area (Å²) in [4.78, 5) is 0. The summed E-state index contributed by atoms with van der Waals surface area (Å²) in [5.41, 5.74) is 8.66. The first-order valence-corrected chi connectivity index (χ1v) is 6.92. The Morgan fingerprint density at radius 2 is 2.00 bits per heavy atom. The second-order valence-corrected chi connectivity index (χ2v) is 5.75. The molecule has 1 aromatic carbocycles. The first-order chi connectivity index (χ1) is 8.21. The molecule has 0 atom stereocenters. The van der Waals surface area contributed by atoms with Gasteiger partial charge < -0.3 is 5.73 Å². The lowest BCUT2D eigenvalue weighted by Gasteiger charge is -2.34. The van der Waals surface area contributed by atoms with Gasteiger partial charge in [-0.1, -0.05) is 31.4 Å². The number of H-pyrrole nitrogens is 1. The van der Waals surface area contributed by atoms with Crippen molar-refractivity contribution in [1.82, 2.24) is 10.2 Å². The van der Waals surface area contributed by atoms with Crippen molar-refractivity contribution in [1.29, 1.82) is 0 Å². The van der Waals surface area contributed by atoms with E-state index in [-0.39, 0.29) is 5.54 Å². The lowest BCUT2D eigenvalue weighted by Crippen LogP contribution is -2.38. The molecular formula is C13H16BrN3. The van der Waals surface area contributed by atoms with E-state index in [1.807, 2.05) is 12.1 Å². The molecule has 0 aliphatic heterocycles. The van der Waals surface area contributed by atoms with Crippen LogP contribution in [0.4, 0.5) is 0 Å². The van der Waals surface area contributed by atoms with Crippen molar-refractivity contribution in [3.8, 4) is 0 Å². The molecule has 0 radical (unpaired) electrons. The lowest BCUT2D eigenvalue weighted by molar-refractivity contribution is 0.304. The molecule has 1 aromatic heterocycles. The smallest absolute Gasteiger partial charge is 0.109 e. The van der Waals surface area contributed by atoms with Gasteiger partial charge in [-0.25, -0.2) is 0 Å². The van der Waals surface area contributed by atoms with Gasteiger partial charge in [-0.2, -0.15) is 5.10 Å². The average Bonchev–Trinajstić information content (AvgIpc) is 2.72. The second-order valence-electron chi connectivity index (χ2n) is 4.95. The number of benzene rings is 1. The number of nitrogens with two attached hydrogens (primary N) is 1. The zero-order valence-corrected chi connectivity index (χ0v) is 11.3. The molecule has 1 saturated carbocycles. The van der Waals surface area contributed by atoms with Crippen LogP contribution in [0.2, 0.25) is 0 Å². The fourth-order valence-electron chi connectivity index (χ4n) is 2.90. The molecule has 4 heteroatoms. The molecule has 0 amide bonds. The van der Waals surface area contributed by atoms with Gasteiger partial charge in [0.2, 0.25) is 0 Å². The Morgan fingerprint density at radius 1 is 1.24 bits per heavy atom. The summed E-state index contributed by atoms with van der Waals surface area (Å²) in [5.74, 6) is 0. The van der Waals surface area contributed by atoms with Crippen molar-refractivity contribution in [2.45, 2.75) is 37.6 Å². The number of aromatic amines is 1. The van der Waals surface area contributed by atoms with Crippen LogP contribution >= 0.6 is 15.9 Å². The number of rotatable bonds is 1. The van der Waals surface area contributed by atoms with Crippen LogP contribution in [0.25, 0.3) is 10.9 Å². The molecule has 2 aromatic rings. The largest absolute Gasteiger partial charge is 0.321 e. The quantitative estimate of drug-likeness (QED) is 0.846. The highest BCUT2D eigenvalue weighted by atomic mass is 79.9. The van der Waals surface area contributed by atoms with Crippen molar-refractivity contribution < 1.29 is 0 Å². The zero-order chi connectivity index (χ0) is 11.9. The third-order valence-corrected chi connectivity index (χ3v) is 4.39. The minimum Gasteiger partial charge on any atom is -0.321 e. The number of nitrogens with zero attached hydrogens (tertiary/aromatic N) is 1. The van der Waals surface area contributed by atoms with Gasteiger partial charge in [0.15, 0.2) is 0 Å². The number of hydrogen-bond donors (Lipinski definition) is 2. The third-order valence-electron chi connectivity index (χ3n) is 3.82. The standard InChI is InChI=1S/C13H16BrN3/c14-12-11-9(5-4-6-10(11)16-17-12)13(15)7-2-1-3-8-13/h4-6H,1-3,7-8,15H2,(H,16,17). The lowest BCUT2D eigenvalue weighted by atomic mass is 9.76. The predicted molar refractivity (Wildman–Crippen MR) is 72.7 cm³/mol. The van der Waals surface area contributed by atoms with E-state index in [1.165, 1.54) is 24.8 Å². The van der Waals surface area contributed by atoms with E-state index >= 15 is 0 Å². The summed E-state index contributed by atoms with van der Waals surface area (Å²) in [6.45, 7) is 0. The molecule has 0 saturated heterocycles. The van der Waals surface area contributed by atoms with E-state index in [0.29, 0.717) is 0 Å². The Hall–Kier alpha value is -0.870. The van der Waals surface area contributed by atoms with Crippen LogP contribution < -0.4 is 5.73 Å². The molecule has 90 valence electrons. The van der Waals surface area contributed by atoms with Gasteiger partial charge in [-0.15, -0.1) is 0 Å². The summed E-state index contributed by atoms with van der Waals surface area (Å²) < 4.78 is 0.943. The van der Waals surface area contributed by atoms with E-state index in [0.717, 1.165) is 28.3 Å². The summed E-state index contributed by atoms with van der Waals surface area (Å²) in [5, 5.41) is 8.41. The number of nitrogens with one attached hydrogen (secondary N) is 1. The Bertz CT molecular complexity index is 541. The van der Waals surface area contributed by atoms with Crippen molar-refractivity contribution in [3.63, 3.8) is 0 Å². The SMILES string of the molecule is NC1(c2cccc3n[nH]c(Br)c23)CCCCC1. The fourth-order valence-corrected chi connectivity index (χ4v) is 3.40. The maximum atomic E-state index is 6.61. The van der Waals surface area contributed by atoms with Crippen molar-refractivity contribution >= 4 is 26.8 Å². The summed E-state index contributed by atoms with van der Waals surface area (Å²) in [6.07, 6.45) is 5.90. The Balaban J connectivity index is 2.18. The molecular weight excluding hydrogens is 278 g/mol. The van der Waals surface area contributed by atoms with Crippen LogP contribution in [0.1, 0.15) is 37.7 Å². The van der Waals surface area contributed by atoms with E-state index in [2.05, 4.69) is 32.2 Å². The van der Waals surface area contributed by atoms with Gasteiger partial charge >= 0.3 is 0 Å². The van der Waals surface area contributed by atoms with Crippen LogP contribution in [0.5, 0.6) is 0 Å². The van der Waals surface area contributed by atoms with Gasteiger partial charge in [0.25, 0.3) is 0 Å². The minimum atomic E-state index is -0.176. The first-order valence-electron chi connectivity index (χ1n) is 6.13. The Morgan fingerprint density at radius 3 is 2.76 bits per heavy atom. The second kappa shape index (κ2) is 4.10. The van der Waals surface area contributed by atoms with Crippen molar-refractivity contribution in [3.05, 3.63) is 28.4 Å². The van der Waals surface area contributed by atoms with Gasteiger partial charge in [0, 0.05) is 10.9 Å². The Labute approximate surface area is 109 Å². The Kier molecular flexibility index (Phi) is 2.71. The first kappa shape index (κ1) is 11.2. The predicted octanol–water partition coefficient (Wildman–Crippen LogP) is 3.44. The van der Waals surface area contributed by atoms with Gasteiger partial charge in [-0.05, 0) is 40.4 Å². The highest BCUT2D eigenvalue weighted by Crippen LogP contribution is 2.39. The summed E-state index contributed by atoms with van der Waals surface area (Å²) in [6, 6.07) is 6.22. The van der Waals surface area contributed by atoms with Crippen molar-refractivity contribution in [2.75, 3.05) is 0 Å². The average molecular weight is 294 g/mol. The molecule has 3 rings (SSSR count). The third kappa shape index (κ3) is 1.79. The number of hydrogen-bond acceptors (Lipinski definition) is 2. The molecule has 0 unspecified atom stereocenters. The van der Waals surface area contributed by atoms with Crippen LogP contribution in [-0.2, 0) is 5.54 Å². The van der Waals surface area contributed by atoms with E-state index in [1.54, 1.807) is 0 Å². The monoisotopic (exact) mass is 293 g/mol. The van der Waals surface area contributed by atoms with E-state index in [9.17, 15) is 0 Å². The van der Waals surface area contributed by atoms with Gasteiger partial charge in [0.1, 0.15) is 4.60 Å². The highest BCUT2D eigenvalue weighted by molar-refractivity contribution is 9.10. The number of fused-ring (bicyclic) bond motifs is 1. The van der Waals surface area contributed by atoms with Crippen LogP contribution in [0.3, 0.4) is 0 Å².